The number of aryl methyl sites for hydroxylation is 2. The monoisotopic (exact) mass is 289 g/mol. The lowest BCUT2D eigenvalue weighted by Gasteiger charge is -2.16. The van der Waals surface area contributed by atoms with E-state index in [9.17, 15) is 0 Å². The van der Waals surface area contributed by atoms with Crippen molar-refractivity contribution in [2.75, 3.05) is 6.54 Å². The molecule has 0 saturated carbocycles. The number of nitrogens with zero attached hydrogens (tertiary/aromatic N) is 1. The maximum absolute atomic E-state index is 6.20. The minimum absolute atomic E-state index is 0.0974. The molecule has 2 aromatic rings. The Bertz CT molecular complexity index is 536. The molecule has 4 heteroatoms. The van der Waals surface area contributed by atoms with Gasteiger partial charge in [0.1, 0.15) is 0 Å². The average Bonchev–Trinajstić information content (AvgIpc) is 2.78. The van der Waals surface area contributed by atoms with Gasteiger partial charge in [-0.05, 0) is 39.3 Å². The Hall–Kier alpha value is -1.23. The van der Waals surface area contributed by atoms with Crippen LogP contribution in [0.15, 0.2) is 30.3 Å². The molecule has 0 bridgehead atoms. The maximum atomic E-state index is 6.20. The van der Waals surface area contributed by atoms with E-state index in [-0.39, 0.29) is 6.04 Å². The molecule has 2 atom stereocenters. The van der Waals surface area contributed by atoms with E-state index in [2.05, 4.69) is 43.2 Å². The maximum Gasteiger partial charge on any atom is 0.0900 e. The smallest absolute Gasteiger partial charge is 0.0900 e. The molecule has 2 unspecified atom stereocenters. The van der Waals surface area contributed by atoms with Crippen LogP contribution in [0, 0.1) is 13.8 Å². The van der Waals surface area contributed by atoms with E-state index in [4.69, 9.17) is 5.73 Å². The molecule has 0 spiro atoms. The highest BCUT2D eigenvalue weighted by atomic mass is 32.1. The number of rotatable bonds is 6. The molecule has 0 saturated heterocycles. The lowest BCUT2D eigenvalue weighted by Crippen LogP contribution is -2.23. The third-order valence-corrected chi connectivity index (χ3v) is 4.72. The Kier molecular flexibility index (Phi) is 5.29. The minimum atomic E-state index is 0.0974. The molecule has 1 aromatic heterocycles. The molecular formula is C16H23N3S. The first-order valence-electron chi connectivity index (χ1n) is 7.05. The summed E-state index contributed by atoms with van der Waals surface area (Å²) in [7, 11) is 0. The van der Waals surface area contributed by atoms with Gasteiger partial charge in [0.15, 0.2) is 0 Å². The number of aromatic nitrogens is 1. The molecule has 2 rings (SSSR count). The Morgan fingerprint density at radius 2 is 1.95 bits per heavy atom. The second kappa shape index (κ2) is 6.97. The number of thiazole rings is 1. The summed E-state index contributed by atoms with van der Waals surface area (Å²) in [4.78, 5) is 5.81. The van der Waals surface area contributed by atoms with Gasteiger partial charge >= 0.3 is 0 Å². The molecule has 20 heavy (non-hydrogen) atoms. The van der Waals surface area contributed by atoms with E-state index in [1.807, 2.05) is 18.2 Å². The SMILES string of the molecule is Cc1nc(C)c(C(C)NCCC(N)c2ccccc2)s1. The van der Waals surface area contributed by atoms with Crippen molar-refractivity contribution in [1.82, 2.24) is 10.3 Å². The van der Waals surface area contributed by atoms with Crippen molar-refractivity contribution in [3.05, 3.63) is 51.5 Å². The third-order valence-electron chi connectivity index (χ3n) is 3.47. The van der Waals surface area contributed by atoms with Gasteiger partial charge in [0.25, 0.3) is 0 Å². The standard InChI is InChI=1S/C16H23N3S/c1-11(16-12(2)19-13(3)20-16)18-10-9-15(17)14-7-5-4-6-8-14/h4-8,11,15,18H,9-10,17H2,1-3H3. The molecule has 0 aliphatic rings. The van der Waals surface area contributed by atoms with Crippen LogP contribution in [-0.4, -0.2) is 11.5 Å². The molecule has 0 radical (unpaired) electrons. The lowest BCUT2D eigenvalue weighted by atomic mass is 10.0. The van der Waals surface area contributed by atoms with E-state index in [1.165, 1.54) is 10.4 Å². The molecule has 1 heterocycles. The summed E-state index contributed by atoms with van der Waals surface area (Å²) in [5.74, 6) is 0. The number of hydrogen-bond acceptors (Lipinski definition) is 4. The average molecular weight is 289 g/mol. The predicted octanol–water partition coefficient (Wildman–Crippen LogP) is 3.50. The Balaban J connectivity index is 1.82. The molecule has 0 aliphatic carbocycles. The fraction of sp³-hybridized carbons (Fsp3) is 0.438. The van der Waals surface area contributed by atoms with Gasteiger partial charge in [-0.2, -0.15) is 0 Å². The van der Waals surface area contributed by atoms with Crippen molar-refractivity contribution in [3.8, 4) is 0 Å². The lowest BCUT2D eigenvalue weighted by molar-refractivity contribution is 0.526. The molecule has 0 aliphatic heterocycles. The van der Waals surface area contributed by atoms with Crippen molar-refractivity contribution in [2.24, 2.45) is 5.73 Å². The van der Waals surface area contributed by atoms with Crippen molar-refractivity contribution in [1.29, 1.82) is 0 Å². The summed E-state index contributed by atoms with van der Waals surface area (Å²) >= 11 is 1.77. The first-order valence-corrected chi connectivity index (χ1v) is 7.87. The summed E-state index contributed by atoms with van der Waals surface area (Å²) in [6, 6.07) is 10.7. The second-order valence-electron chi connectivity index (χ2n) is 5.16. The second-order valence-corrected chi connectivity index (χ2v) is 6.40. The van der Waals surface area contributed by atoms with Gasteiger partial charge in [0, 0.05) is 17.0 Å². The zero-order valence-electron chi connectivity index (χ0n) is 12.4. The molecular weight excluding hydrogens is 266 g/mol. The zero-order valence-corrected chi connectivity index (χ0v) is 13.2. The Morgan fingerprint density at radius 3 is 2.55 bits per heavy atom. The summed E-state index contributed by atoms with van der Waals surface area (Å²) < 4.78 is 0. The normalized spacial score (nSPS) is 14.2. The Morgan fingerprint density at radius 1 is 1.25 bits per heavy atom. The molecule has 3 N–H and O–H groups in total. The van der Waals surface area contributed by atoms with Crippen LogP contribution in [0.4, 0.5) is 0 Å². The van der Waals surface area contributed by atoms with Gasteiger partial charge < -0.3 is 11.1 Å². The third kappa shape index (κ3) is 3.88. The largest absolute Gasteiger partial charge is 0.324 e. The summed E-state index contributed by atoms with van der Waals surface area (Å²) in [6.07, 6.45) is 0.936. The minimum Gasteiger partial charge on any atom is -0.324 e. The molecule has 1 aromatic carbocycles. The number of nitrogens with two attached hydrogens (primary N) is 1. The van der Waals surface area contributed by atoms with E-state index in [0.717, 1.165) is 23.7 Å². The van der Waals surface area contributed by atoms with Crippen molar-refractivity contribution in [2.45, 2.75) is 39.3 Å². The van der Waals surface area contributed by atoms with Crippen LogP contribution in [0.2, 0.25) is 0 Å². The van der Waals surface area contributed by atoms with Crippen LogP contribution in [0.3, 0.4) is 0 Å². The first kappa shape index (κ1) is 15.2. The van der Waals surface area contributed by atoms with Crippen LogP contribution in [0.1, 0.15) is 46.6 Å². The van der Waals surface area contributed by atoms with Gasteiger partial charge in [0.05, 0.1) is 10.7 Å². The number of benzene rings is 1. The Labute approximate surface area is 125 Å². The highest BCUT2D eigenvalue weighted by Gasteiger charge is 2.13. The molecule has 3 nitrogen and oxygen atoms in total. The zero-order chi connectivity index (χ0) is 14.5. The highest BCUT2D eigenvalue weighted by molar-refractivity contribution is 7.11. The van der Waals surface area contributed by atoms with Crippen molar-refractivity contribution in [3.63, 3.8) is 0 Å². The van der Waals surface area contributed by atoms with Gasteiger partial charge in [-0.3, -0.25) is 0 Å². The van der Waals surface area contributed by atoms with Crippen LogP contribution < -0.4 is 11.1 Å². The van der Waals surface area contributed by atoms with E-state index >= 15 is 0 Å². The predicted molar refractivity (Wildman–Crippen MR) is 86.0 cm³/mol. The topological polar surface area (TPSA) is 50.9 Å². The van der Waals surface area contributed by atoms with E-state index in [0.29, 0.717) is 6.04 Å². The van der Waals surface area contributed by atoms with Gasteiger partial charge in [-0.15, -0.1) is 11.3 Å². The summed E-state index contributed by atoms with van der Waals surface area (Å²) in [5.41, 5.74) is 8.54. The van der Waals surface area contributed by atoms with Crippen molar-refractivity contribution >= 4 is 11.3 Å². The number of nitrogens with one attached hydrogen (secondary N) is 1. The fourth-order valence-corrected chi connectivity index (χ4v) is 3.32. The fourth-order valence-electron chi connectivity index (χ4n) is 2.36. The number of hydrogen-bond donors (Lipinski definition) is 2. The van der Waals surface area contributed by atoms with Gasteiger partial charge in [-0.25, -0.2) is 4.98 Å². The highest BCUT2D eigenvalue weighted by Crippen LogP contribution is 2.24. The van der Waals surface area contributed by atoms with Crippen LogP contribution in [0.25, 0.3) is 0 Å². The quantitative estimate of drug-likeness (QED) is 0.855. The van der Waals surface area contributed by atoms with Gasteiger partial charge in [-0.1, -0.05) is 30.3 Å². The summed E-state index contributed by atoms with van der Waals surface area (Å²) in [6.45, 7) is 7.23. The van der Waals surface area contributed by atoms with Crippen LogP contribution in [0.5, 0.6) is 0 Å². The summed E-state index contributed by atoms with van der Waals surface area (Å²) in [5, 5.41) is 4.68. The van der Waals surface area contributed by atoms with E-state index in [1.54, 1.807) is 11.3 Å². The van der Waals surface area contributed by atoms with Crippen molar-refractivity contribution < 1.29 is 0 Å². The van der Waals surface area contributed by atoms with E-state index < -0.39 is 0 Å². The van der Waals surface area contributed by atoms with Crippen LogP contribution in [-0.2, 0) is 0 Å². The van der Waals surface area contributed by atoms with Gasteiger partial charge in [0.2, 0.25) is 0 Å². The first-order chi connectivity index (χ1) is 9.58. The molecule has 108 valence electrons. The van der Waals surface area contributed by atoms with Crippen LogP contribution >= 0.6 is 11.3 Å². The molecule has 0 amide bonds. The molecule has 0 fully saturated rings.